The molecule has 8 nitrogen and oxygen atoms in total. The Balaban J connectivity index is 1.83. The number of rotatable bonds is 3. The molecular formula is C14H16N2O6S. The SMILES string of the molecule is COC(=O)C1CCN(S(=O)(=O)c2ccc3[nH]c(=O)oc3c2)CC1. The van der Waals surface area contributed by atoms with Gasteiger partial charge < -0.3 is 9.15 Å². The van der Waals surface area contributed by atoms with Crippen molar-refractivity contribution in [3.8, 4) is 0 Å². The molecule has 0 unspecified atom stereocenters. The number of H-pyrrole nitrogens is 1. The molecule has 0 atom stereocenters. The van der Waals surface area contributed by atoms with Gasteiger partial charge >= 0.3 is 11.7 Å². The first kappa shape index (κ1) is 15.8. The molecule has 1 N–H and O–H groups in total. The molecule has 2 heterocycles. The zero-order valence-corrected chi connectivity index (χ0v) is 13.3. The van der Waals surface area contributed by atoms with Crippen molar-refractivity contribution in [3.63, 3.8) is 0 Å². The van der Waals surface area contributed by atoms with Crippen LogP contribution in [0.5, 0.6) is 0 Å². The quantitative estimate of drug-likeness (QED) is 0.824. The fourth-order valence-corrected chi connectivity index (χ4v) is 4.22. The molecule has 1 aliphatic heterocycles. The average Bonchev–Trinajstić information content (AvgIpc) is 2.93. The maximum atomic E-state index is 12.7. The number of methoxy groups -OCH3 is 1. The number of benzene rings is 1. The molecule has 0 amide bonds. The van der Waals surface area contributed by atoms with Gasteiger partial charge in [0.05, 0.1) is 23.4 Å². The number of nitrogens with zero attached hydrogens (tertiary/aromatic N) is 1. The summed E-state index contributed by atoms with van der Waals surface area (Å²) in [5.41, 5.74) is 0.638. The van der Waals surface area contributed by atoms with E-state index in [-0.39, 0.29) is 35.5 Å². The van der Waals surface area contributed by atoms with E-state index in [0.29, 0.717) is 18.4 Å². The molecule has 0 bridgehead atoms. The van der Waals surface area contributed by atoms with Crippen LogP contribution < -0.4 is 5.76 Å². The van der Waals surface area contributed by atoms with Gasteiger partial charge in [-0.3, -0.25) is 9.78 Å². The van der Waals surface area contributed by atoms with Crippen molar-refractivity contribution >= 4 is 27.1 Å². The molecule has 1 fully saturated rings. The van der Waals surface area contributed by atoms with E-state index in [1.807, 2.05) is 0 Å². The van der Waals surface area contributed by atoms with E-state index < -0.39 is 15.8 Å². The Morgan fingerprint density at radius 1 is 1.35 bits per heavy atom. The lowest BCUT2D eigenvalue weighted by molar-refractivity contribution is -0.146. The number of piperidine rings is 1. The fraction of sp³-hybridized carbons (Fsp3) is 0.429. The van der Waals surface area contributed by atoms with Gasteiger partial charge in [0.25, 0.3) is 0 Å². The highest BCUT2D eigenvalue weighted by Gasteiger charge is 2.32. The van der Waals surface area contributed by atoms with Gasteiger partial charge in [-0.05, 0) is 25.0 Å². The number of carbonyl (C=O) groups is 1. The zero-order valence-electron chi connectivity index (χ0n) is 12.4. The lowest BCUT2D eigenvalue weighted by atomic mass is 9.99. The van der Waals surface area contributed by atoms with Crippen molar-refractivity contribution in [3.05, 3.63) is 28.7 Å². The lowest BCUT2D eigenvalue weighted by Gasteiger charge is -2.29. The molecule has 23 heavy (non-hydrogen) atoms. The third kappa shape index (κ3) is 2.89. The summed E-state index contributed by atoms with van der Waals surface area (Å²) >= 11 is 0. The van der Waals surface area contributed by atoms with Crippen LogP contribution in [0.3, 0.4) is 0 Å². The highest BCUT2D eigenvalue weighted by molar-refractivity contribution is 7.89. The van der Waals surface area contributed by atoms with E-state index >= 15 is 0 Å². The number of aromatic nitrogens is 1. The average molecular weight is 340 g/mol. The molecule has 1 aromatic carbocycles. The second-order valence-electron chi connectivity index (χ2n) is 5.37. The third-order valence-corrected chi connectivity index (χ3v) is 5.91. The molecule has 9 heteroatoms. The van der Waals surface area contributed by atoms with Crippen LogP contribution in [0, 0.1) is 5.92 Å². The van der Waals surface area contributed by atoms with Gasteiger partial charge in [0.1, 0.15) is 0 Å². The zero-order chi connectivity index (χ0) is 16.6. The molecule has 1 aromatic heterocycles. The Bertz CT molecular complexity index is 889. The number of sulfonamides is 1. The van der Waals surface area contributed by atoms with Crippen molar-refractivity contribution in [2.45, 2.75) is 17.7 Å². The first-order valence-electron chi connectivity index (χ1n) is 7.12. The smallest absolute Gasteiger partial charge is 0.417 e. The molecule has 0 radical (unpaired) electrons. The number of nitrogens with one attached hydrogen (secondary N) is 1. The topological polar surface area (TPSA) is 110 Å². The van der Waals surface area contributed by atoms with Crippen LogP contribution >= 0.6 is 0 Å². The van der Waals surface area contributed by atoms with Gasteiger partial charge in [0.2, 0.25) is 10.0 Å². The minimum absolute atomic E-state index is 0.0595. The number of oxazole rings is 1. The highest BCUT2D eigenvalue weighted by Crippen LogP contribution is 2.26. The molecular weight excluding hydrogens is 324 g/mol. The Labute approximate surface area is 132 Å². The largest absolute Gasteiger partial charge is 0.469 e. The number of hydrogen-bond acceptors (Lipinski definition) is 6. The van der Waals surface area contributed by atoms with Gasteiger partial charge in [-0.15, -0.1) is 0 Å². The van der Waals surface area contributed by atoms with E-state index in [9.17, 15) is 18.0 Å². The van der Waals surface area contributed by atoms with Crippen molar-refractivity contribution in [2.75, 3.05) is 20.2 Å². The predicted molar refractivity (Wildman–Crippen MR) is 80.3 cm³/mol. The number of carbonyl (C=O) groups excluding carboxylic acids is 1. The molecule has 2 aromatic rings. The second kappa shape index (κ2) is 5.82. The highest BCUT2D eigenvalue weighted by atomic mass is 32.2. The number of fused-ring (bicyclic) bond motifs is 1. The van der Waals surface area contributed by atoms with Gasteiger partial charge in [-0.1, -0.05) is 0 Å². The predicted octanol–water partition coefficient (Wildman–Crippen LogP) is 0.695. The molecule has 0 aliphatic carbocycles. The van der Waals surface area contributed by atoms with Crippen LogP contribution in [-0.2, 0) is 19.6 Å². The van der Waals surface area contributed by atoms with E-state index in [2.05, 4.69) is 4.98 Å². The van der Waals surface area contributed by atoms with Crippen LogP contribution in [0.2, 0.25) is 0 Å². The molecule has 0 saturated carbocycles. The standard InChI is InChI=1S/C14H16N2O6S/c1-21-13(17)9-4-6-16(7-5-9)23(19,20)10-2-3-11-12(8-10)22-14(18)15-11/h2-3,8-9H,4-7H2,1H3,(H,15,18). The summed E-state index contributed by atoms with van der Waals surface area (Å²) in [5.74, 6) is -1.21. The van der Waals surface area contributed by atoms with Crippen molar-refractivity contribution < 1.29 is 22.4 Å². The summed E-state index contributed by atoms with van der Waals surface area (Å²) in [5, 5.41) is 0. The first-order chi connectivity index (χ1) is 10.9. The Hall–Kier alpha value is -2.13. The molecule has 3 rings (SSSR count). The second-order valence-corrected chi connectivity index (χ2v) is 7.31. The molecule has 124 valence electrons. The Kier molecular flexibility index (Phi) is 3.99. The number of ether oxygens (including phenoxy) is 1. The van der Waals surface area contributed by atoms with Crippen LogP contribution in [0.15, 0.2) is 32.3 Å². The van der Waals surface area contributed by atoms with E-state index in [1.54, 1.807) is 0 Å². The summed E-state index contributed by atoms with van der Waals surface area (Å²) in [7, 11) is -2.37. The van der Waals surface area contributed by atoms with Crippen LogP contribution in [0.1, 0.15) is 12.8 Å². The number of esters is 1. The van der Waals surface area contributed by atoms with E-state index in [4.69, 9.17) is 9.15 Å². The maximum Gasteiger partial charge on any atom is 0.417 e. The minimum atomic E-state index is -3.69. The summed E-state index contributed by atoms with van der Waals surface area (Å²) in [6.07, 6.45) is 0.848. The number of aromatic amines is 1. The van der Waals surface area contributed by atoms with Gasteiger partial charge in [0.15, 0.2) is 5.58 Å². The fourth-order valence-electron chi connectivity index (χ4n) is 2.73. The summed E-state index contributed by atoms with van der Waals surface area (Å²) in [4.78, 5) is 25.2. The van der Waals surface area contributed by atoms with Gasteiger partial charge in [0, 0.05) is 19.2 Å². The first-order valence-corrected chi connectivity index (χ1v) is 8.56. The third-order valence-electron chi connectivity index (χ3n) is 4.02. The van der Waals surface area contributed by atoms with E-state index in [1.165, 1.54) is 29.6 Å². The minimum Gasteiger partial charge on any atom is -0.469 e. The monoisotopic (exact) mass is 340 g/mol. The summed E-state index contributed by atoms with van der Waals surface area (Å²) in [6, 6.07) is 4.25. The lowest BCUT2D eigenvalue weighted by Crippen LogP contribution is -2.40. The summed E-state index contributed by atoms with van der Waals surface area (Å²) < 4.78 is 36.3. The Morgan fingerprint density at radius 2 is 2.04 bits per heavy atom. The Morgan fingerprint density at radius 3 is 2.70 bits per heavy atom. The van der Waals surface area contributed by atoms with Crippen LogP contribution in [-0.4, -0.2) is 43.9 Å². The summed E-state index contributed by atoms with van der Waals surface area (Å²) in [6.45, 7) is 0.494. The van der Waals surface area contributed by atoms with Gasteiger partial charge in [-0.2, -0.15) is 4.31 Å². The van der Waals surface area contributed by atoms with Crippen molar-refractivity contribution in [1.82, 2.24) is 9.29 Å². The molecule has 1 saturated heterocycles. The van der Waals surface area contributed by atoms with Crippen LogP contribution in [0.4, 0.5) is 0 Å². The van der Waals surface area contributed by atoms with Crippen molar-refractivity contribution in [2.24, 2.45) is 5.92 Å². The normalized spacial score (nSPS) is 17.4. The van der Waals surface area contributed by atoms with Crippen molar-refractivity contribution in [1.29, 1.82) is 0 Å². The molecule has 0 spiro atoms. The van der Waals surface area contributed by atoms with Gasteiger partial charge in [-0.25, -0.2) is 13.2 Å². The molecule has 1 aliphatic rings. The van der Waals surface area contributed by atoms with E-state index in [0.717, 1.165) is 0 Å². The van der Waals surface area contributed by atoms with Crippen LogP contribution in [0.25, 0.3) is 11.1 Å². The number of hydrogen-bond donors (Lipinski definition) is 1. The maximum absolute atomic E-state index is 12.7.